The Hall–Kier alpha value is -0.993. The van der Waals surface area contributed by atoms with E-state index in [1.165, 1.54) is 0 Å². The van der Waals surface area contributed by atoms with Crippen molar-refractivity contribution in [2.45, 2.75) is 25.7 Å². The van der Waals surface area contributed by atoms with Crippen LogP contribution >= 0.6 is 0 Å². The summed E-state index contributed by atoms with van der Waals surface area (Å²) in [6, 6.07) is 8.36. The Balaban J connectivity index is 2.87. The van der Waals surface area contributed by atoms with Crippen molar-refractivity contribution in [2.24, 2.45) is 0 Å². The van der Waals surface area contributed by atoms with E-state index in [9.17, 15) is 8.42 Å². The minimum Gasteiger partial charge on any atom is -0.371 e. The molecule has 5 nitrogen and oxygen atoms in total. The summed E-state index contributed by atoms with van der Waals surface area (Å²) in [6.45, 7) is 6.91. The van der Waals surface area contributed by atoms with Crippen LogP contribution in [-0.4, -0.2) is 42.8 Å². The molecule has 0 aromatic heterocycles. The molecule has 0 radical (unpaired) electrons. The molecule has 0 spiro atoms. The molecule has 22 heavy (non-hydrogen) atoms. The fourth-order valence-corrected chi connectivity index (χ4v) is 5.35. The first-order valence-electron chi connectivity index (χ1n) is 7.37. The van der Waals surface area contributed by atoms with Crippen molar-refractivity contribution >= 4 is 18.6 Å². The second-order valence-corrected chi connectivity index (χ2v) is 8.84. The first kappa shape index (κ1) is 19.1. The van der Waals surface area contributed by atoms with Gasteiger partial charge in [-0.2, -0.15) is 0 Å². The molecule has 0 saturated heterocycles. The number of benzene rings is 1. The van der Waals surface area contributed by atoms with Gasteiger partial charge in [-0.25, -0.2) is 8.42 Å². The van der Waals surface area contributed by atoms with Crippen molar-refractivity contribution < 1.29 is 21.7 Å². The van der Waals surface area contributed by atoms with E-state index >= 15 is 0 Å². The molecule has 0 fully saturated rings. The van der Waals surface area contributed by atoms with E-state index in [0.29, 0.717) is 24.7 Å². The van der Waals surface area contributed by atoms with E-state index in [2.05, 4.69) is 0 Å². The van der Waals surface area contributed by atoms with E-state index in [1.807, 2.05) is 20.8 Å². The van der Waals surface area contributed by atoms with Crippen LogP contribution in [0.3, 0.4) is 0 Å². The van der Waals surface area contributed by atoms with Crippen molar-refractivity contribution in [1.29, 1.82) is 0 Å². The van der Waals surface area contributed by atoms with Crippen LogP contribution in [0.25, 0.3) is 0 Å². The summed E-state index contributed by atoms with van der Waals surface area (Å²) in [6.07, 6.45) is 1.57. The Labute approximate surface area is 134 Å². The molecule has 1 aromatic carbocycles. The van der Waals surface area contributed by atoms with Crippen LogP contribution in [0, 0.1) is 0 Å². The predicted molar refractivity (Wildman–Crippen MR) is 88.3 cm³/mol. The Bertz CT molecular complexity index is 540. The van der Waals surface area contributed by atoms with Crippen LogP contribution in [0.5, 0.6) is 0 Å². The quantitative estimate of drug-likeness (QED) is 0.611. The second kappa shape index (κ2) is 9.21. The standard InChI is InChI=1S/C15H24O5SSi/c1-4-18-22(19-5-2,20-6-3)14-10-13-21(16,17)15-11-8-7-9-12-15/h7-12,14H,4-6,13H2,1-3H3/b14-10+. The third-order valence-electron chi connectivity index (χ3n) is 2.78. The monoisotopic (exact) mass is 344 g/mol. The molecule has 0 aliphatic carbocycles. The van der Waals surface area contributed by atoms with Gasteiger partial charge >= 0.3 is 8.80 Å². The summed E-state index contributed by atoms with van der Waals surface area (Å²) in [7, 11) is -6.30. The molecule has 0 heterocycles. The van der Waals surface area contributed by atoms with Gasteiger partial charge < -0.3 is 13.3 Å². The maximum Gasteiger partial charge on any atom is 0.529 e. The first-order valence-corrected chi connectivity index (χ1v) is 10.8. The minimum atomic E-state index is -3.36. The van der Waals surface area contributed by atoms with Gasteiger partial charge in [-0.3, -0.25) is 0 Å². The molecule has 0 unspecified atom stereocenters. The SMILES string of the molecule is CCO[Si](/C=C/CS(=O)(=O)c1ccccc1)(OCC)OCC. The Morgan fingerprint density at radius 2 is 1.45 bits per heavy atom. The molecule has 0 atom stereocenters. The van der Waals surface area contributed by atoms with Crippen molar-refractivity contribution in [3.8, 4) is 0 Å². The largest absolute Gasteiger partial charge is 0.529 e. The summed E-state index contributed by atoms with van der Waals surface area (Å²) in [4.78, 5) is 0.302. The zero-order valence-electron chi connectivity index (χ0n) is 13.3. The third kappa shape index (κ3) is 5.66. The van der Waals surface area contributed by atoms with Gasteiger partial charge in [0.2, 0.25) is 0 Å². The van der Waals surface area contributed by atoms with Gasteiger partial charge in [0.05, 0.1) is 10.6 Å². The van der Waals surface area contributed by atoms with Gasteiger partial charge in [0.15, 0.2) is 9.84 Å². The number of rotatable bonds is 10. The van der Waals surface area contributed by atoms with Gasteiger partial charge in [-0.1, -0.05) is 24.3 Å². The maximum absolute atomic E-state index is 12.2. The van der Waals surface area contributed by atoms with Crippen molar-refractivity contribution in [3.63, 3.8) is 0 Å². The van der Waals surface area contributed by atoms with Crippen molar-refractivity contribution in [1.82, 2.24) is 0 Å². The van der Waals surface area contributed by atoms with Crippen LogP contribution < -0.4 is 0 Å². The minimum absolute atomic E-state index is 0.112. The van der Waals surface area contributed by atoms with Crippen LogP contribution in [0.4, 0.5) is 0 Å². The van der Waals surface area contributed by atoms with E-state index < -0.39 is 18.6 Å². The number of sulfone groups is 1. The lowest BCUT2D eigenvalue weighted by Gasteiger charge is -2.25. The summed E-state index contributed by atoms with van der Waals surface area (Å²) in [5, 5.41) is 0. The second-order valence-electron chi connectivity index (χ2n) is 4.40. The fourth-order valence-electron chi connectivity index (χ4n) is 1.92. The Morgan fingerprint density at radius 1 is 0.955 bits per heavy atom. The molecule has 0 aliphatic rings. The molecule has 1 aromatic rings. The lowest BCUT2D eigenvalue weighted by atomic mass is 10.4. The average Bonchev–Trinajstić information content (AvgIpc) is 2.49. The molecule has 0 aliphatic heterocycles. The van der Waals surface area contributed by atoms with E-state index in [4.69, 9.17) is 13.3 Å². The number of hydrogen-bond acceptors (Lipinski definition) is 5. The van der Waals surface area contributed by atoms with Gasteiger partial charge in [0, 0.05) is 19.8 Å². The van der Waals surface area contributed by atoms with E-state index in [1.54, 1.807) is 42.1 Å². The first-order chi connectivity index (χ1) is 10.5. The summed E-state index contributed by atoms with van der Waals surface area (Å²) in [5.74, 6) is -0.112. The predicted octanol–water partition coefficient (Wildman–Crippen LogP) is 2.60. The average molecular weight is 345 g/mol. The molecule has 0 bridgehead atoms. The van der Waals surface area contributed by atoms with Gasteiger partial charge in [0.1, 0.15) is 0 Å². The highest BCUT2D eigenvalue weighted by Gasteiger charge is 2.37. The van der Waals surface area contributed by atoms with Gasteiger partial charge in [-0.05, 0) is 38.6 Å². The molecular formula is C15H24O5SSi. The molecular weight excluding hydrogens is 320 g/mol. The molecule has 0 saturated carbocycles. The van der Waals surface area contributed by atoms with Gasteiger partial charge in [-0.15, -0.1) is 0 Å². The van der Waals surface area contributed by atoms with Crippen LogP contribution in [-0.2, 0) is 23.1 Å². The topological polar surface area (TPSA) is 61.8 Å². The highest BCUT2D eigenvalue weighted by molar-refractivity contribution is 7.91. The highest BCUT2D eigenvalue weighted by Crippen LogP contribution is 2.14. The third-order valence-corrected chi connectivity index (χ3v) is 7.12. The Kier molecular flexibility index (Phi) is 7.98. The normalized spacial score (nSPS) is 12.9. The lowest BCUT2D eigenvalue weighted by Crippen LogP contribution is -2.44. The summed E-state index contributed by atoms with van der Waals surface area (Å²) < 4.78 is 41.4. The molecule has 0 N–H and O–H groups in total. The van der Waals surface area contributed by atoms with E-state index in [0.717, 1.165) is 0 Å². The van der Waals surface area contributed by atoms with Crippen LogP contribution in [0.15, 0.2) is 47.0 Å². The van der Waals surface area contributed by atoms with Crippen LogP contribution in [0.2, 0.25) is 0 Å². The summed E-state index contributed by atoms with van der Waals surface area (Å²) in [5.41, 5.74) is 1.66. The molecule has 7 heteroatoms. The molecule has 0 amide bonds. The van der Waals surface area contributed by atoms with Crippen molar-refractivity contribution in [2.75, 3.05) is 25.6 Å². The van der Waals surface area contributed by atoms with Crippen LogP contribution in [0.1, 0.15) is 20.8 Å². The zero-order valence-corrected chi connectivity index (χ0v) is 15.1. The highest BCUT2D eigenvalue weighted by atomic mass is 32.2. The Morgan fingerprint density at radius 3 is 1.91 bits per heavy atom. The lowest BCUT2D eigenvalue weighted by molar-refractivity contribution is 0.0842. The zero-order chi connectivity index (χ0) is 16.5. The fraction of sp³-hybridized carbons (Fsp3) is 0.467. The molecule has 1 rings (SSSR count). The van der Waals surface area contributed by atoms with Gasteiger partial charge in [0.25, 0.3) is 0 Å². The summed E-state index contributed by atoms with van der Waals surface area (Å²) >= 11 is 0. The van der Waals surface area contributed by atoms with E-state index in [-0.39, 0.29) is 5.75 Å². The maximum atomic E-state index is 12.2. The van der Waals surface area contributed by atoms with Crippen molar-refractivity contribution in [3.05, 3.63) is 42.1 Å². The number of hydrogen-bond donors (Lipinski definition) is 0. The smallest absolute Gasteiger partial charge is 0.371 e. The molecule has 124 valence electrons.